The van der Waals surface area contributed by atoms with E-state index in [0.29, 0.717) is 51.8 Å². The highest BCUT2D eigenvalue weighted by Gasteiger charge is 2.40. The molecule has 0 spiro atoms. The Labute approximate surface area is 204 Å². The fraction of sp³-hybridized carbons (Fsp3) is 0.200. The van der Waals surface area contributed by atoms with Crippen LogP contribution in [0, 0.1) is 0 Å². The fourth-order valence-electron chi connectivity index (χ4n) is 4.70. The number of anilines is 2. The number of carbonyl (C=O) groups excluding carboxylic acids is 3. The van der Waals surface area contributed by atoms with Crippen molar-refractivity contribution in [3.63, 3.8) is 0 Å². The van der Waals surface area contributed by atoms with E-state index in [1.54, 1.807) is 25.6 Å². The van der Waals surface area contributed by atoms with Gasteiger partial charge < -0.3 is 19.9 Å². The van der Waals surface area contributed by atoms with E-state index in [9.17, 15) is 14.4 Å². The first kappa shape index (κ1) is 21.7. The van der Waals surface area contributed by atoms with Gasteiger partial charge in [-0.25, -0.2) is 15.0 Å². The van der Waals surface area contributed by atoms with Crippen molar-refractivity contribution in [3.8, 4) is 17.1 Å². The molecule has 0 saturated carbocycles. The van der Waals surface area contributed by atoms with Crippen LogP contribution in [-0.2, 0) is 16.1 Å². The molecule has 11 heteroatoms. The van der Waals surface area contributed by atoms with Gasteiger partial charge >= 0.3 is 0 Å². The van der Waals surface area contributed by atoms with Crippen LogP contribution in [0.5, 0.6) is 5.75 Å². The Kier molecular flexibility index (Phi) is 5.10. The summed E-state index contributed by atoms with van der Waals surface area (Å²) in [5.74, 6) is 0.540. The third-order valence-corrected chi connectivity index (χ3v) is 6.47. The molecule has 1 unspecified atom stereocenters. The average Bonchev–Trinajstić information content (AvgIpc) is 3.49. The van der Waals surface area contributed by atoms with Gasteiger partial charge in [-0.3, -0.25) is 19.7 Å². The van der Waals surface area contributed by atoms with Gasteiger partial charge in [-0.2, -0.15) is 0 Å². The summed E-state index contributed by atoms with van der Waals surface area (Å²) in [6, 6.07) is 12.1. The SMILES string of the molecule is COc1ccccc1-c1nc(Nc2cccc3c2CN(C2CCC(=O)NC2=O)C3=O)c2[nH]cnc2n1. The number of imide groups is 1. The number of fused-ring (bicyclic) bond motifs is 2. The molecular formula is C25H21N7O4. The Balaban J connectivity index is 1.37. The number of nitrogens with one attached hydrogen (secondary N) is 3. The van der Waals surface area contributed by atoms with E-state index < -0.39 is 11.9 Å². The number of para-hydroxylation sites is 1. The van der Waals surface area contributed by atoms with Crippen LogP contribution < -0.4 is 15.4 Å². The second kappa shape index (κ2) is 8.45. The Bertz CT molecular complexity index is 1550. The smallest absolute Gasteiger partial charge is 0.255 e. The molecule has 1 atom stereocenters. The Hall–Kier alpha value is -4.80. The molecule has 180 valence electrons. The van der Waals surface area contributed by atoms with Crippen molar-refractivity contribution in [2.45, 2.75) is 25.4 Å². The van der Waals surface area contributed by atoms with Crippen LogP contribution in [0.15, 0.2) is 48.8 Å². The number of amides is 3. The largest absolute Gasteiger partial charge is 0.496 e. The van der Waals surface area contributed by atoms with E-state index in [-0.39, 0.29) is 24.8 Å². The first-order valence-electron chi connectivity index (χ1n) is 11.4. The van der Waals surface area contributed by atoms with Gasteiger partial charge in [0.1, 0.15) is 17.3 Å². The number of hydrogen-bond donors (Lipinski definition) is 3. The first-order valence-corrected chi connectivity index (χ1v) is 11.4. The molecule has 0 aliphatic carbocycles. The van der Waals surface area contributed by atoms with Gasteiger partial charge in [-0.05, 0) is 30.7 Å². The Morgan fingerprint density at radius 2 is 1.89 bits per heavy atom. The summed E-state index contributed by atoms with van der Waals surface area (Å²) in [5.41, 5.74) is 3.73. The molecule has 2 aromatic heterocycles. The number of ether oxygens (including phenoxy) is 1. The highest BCUT2D eigenvalue weighted by molar-refractivity contribution is 6.06. The second-order valence-corrected chi connectivity index (χ2v) is 8.55. The van der Waals surface area contributed by atoms with Crippen LogP contribution in [0.25, 0.3) is 22.6 Å². The van der Waals surface area contributed by atoms with E-state index in [1.807, 2.05) is 30.3 Å². The quantitative estimate of drug-likeness (QED) is 0.368. The molecule has 2 aromatic carbocycles. The zero-order chi connectivity index (χ0) is 24.8. The number of hydrogen-bond acceptors (Lipinski definition) is 8. The minimum absolute atomic E-state index is 0.201. The van der Waals surface area contributed by atoms with Gasteiger partial charge in [0.25, 0.3) is 5.91 Å². The number of carbonyl (C=O) groups is 3. The number of H-pyrrole nitrogens is 1. The summed E-state index contributed by atoms with van der Waals surface area (Å²) >= 11 is 0. The fourth-order valence-corrected chi connectivity index (χ4v) is 4.70. The van der Waals surface area contributed by atoms with E-state index in [0.717, 1.165) is 5.56 Å². The lowest BCUT2D eigenvalue weighted by Crippen LogP contribution is -2.52. The molecule has 2 aliphatic rings. The molecule has 4 aromatic rings. The zero-order valence-electron chi connectivity index (χ0n) is 19.2. The maximum absolute atomic E-state index is 13.2. The average molecular weight is 483 g/mol. The lowest BCUT2D eigenvalue weighted by molar-refractivity contribution is -0.136. The van der Waals surface area contributed by atoms with Crippen LogP contribution in [0.4, 0.5) is 11.5 Å². The van der Waals surface area contributed by atoms with Gasteiger partial charge in [0.15, 0.2) is 17.3 Å². The van der Waals surface area contributed by atoms with Gasteiger partial charge in [0.2, 0.25) is 11.8 Å². The molecule has 36 heavy (non-hydrogen) atoms. The molecule has 3 amide bonds. The van der Waals surface area contributed by atoms with Crippen molar-refractivity contribution in [3.05, 3.63) is 59.9 Å². The number of piperidine rings is 1. The highest BCUT2D eigenvalue weighted by atomic mass is 16.5. The van der Waals surface area contributed by atoms with Crippen molar-refractivity contribution in [2.24, 2.45) is 0 Å². The lowest BCUT2D eigenvalue weighted by atomic mass is 10.0. The second-order valence-electron chi connectivity index (χ2n) is 8.55. The Morgan fingerprint density at radius 1 is 1.06 bits per heavy atom. The standard InChI is InChI=1S/C25H21N7O4/c1-36-18-8-3-2-5-14(18)21-30-22-20(26-12-27-22)23(31-21)28-16-7-4-6-13-15(16)11-32(25(13)35)17-9-10-19(33)29-24(17)34/h2-8,12,17H,9-11H2,1H3,(H,29,33,34)(H2,26,27,28,30,31). The monoisotopic (exact) mass is 483 g/mol. The summed E-state index contributed by atoms with van der Waals surface area (Å²) in [6.07, 6.45) is 2.04. The highest BCUT2D eigenvalue weighted by Crippen LogP contribution is 2.35. The van der Waals surface area contributed by atoms with Crippen LogP contribution in [0.2, 0.25) is 0 Å². The molecule has 1 saturated heterocycles. The molecule has 2 aliphatic heterocycles. The number of methoxy groups -OCH3 is 1. The molecular weight excluding hydrogens is 462 g/mol. The third kappa shape index (κ3) is 3.52. The van der Waals surface area contributed by atoms with Gasteiger partial charge in [-0.1, -0.05) is 18.2 Å². The van der Waals surface area contributed by atoms with E-state index >= 15 is 0 Å². The van der Waals surface area contributed by atoms with Crippen LogP contribution in [0.3, 0.4) is 0 Å². The van der Waals surface area contributed by atoms with Crippen LogP contribution >= 0.6 is 0 Å². The minimum atomic E-state index is -0.689. The van der Waals surface area contributed by atoms with Gasteiger partial charge in [0.05, 0.1) is 19.0 Å². The number of imidazole rings is 1. The number of aromatic amines is 1. The molecule has 3 N–H and O–H groups in total. The predicted octanol–water partition coefficient (Wildman–Crippen LogP) is 2.53. The van der Waals surface area contributed by atoms with Crippen molar-refractivity contribution in [1.82, 2.24) is 30.2 Å². The zero-order valence-corrected chi connectivity index (χ0v) is 19.2. The maximum atomic E-state index is 13.2. The van der Waals surface area contributed by atoms with E-state index in [2.05, 4.69) is 25.6 Å². The van der Waals surface area contributed by atoms with Crippen molar-refractivity contribution in [2.75, 3.05) is 12.4 Å². The van der Waals surface area contributed by atoms with E-state index in [1.165, 1.54) is 4.90 Å². The molecule has 1 fully saturated rings. The predicted molar refractivity (Wildman–Crippen MR) is 129 cm³/mol. The summed E-state index contributed by atoms with van der Waals surface area (Å²) in [4.78, 5) is 55.4. The molecule has 11 nitrogen and oxygen atoms in total. The van der Waals surface area contributed by atoms with E-state index in [4.69, 9.17) is 9.72 Å². The molecule has 0 radical (unpaired) electrons. The Morgan fingerprint density at radius 3 is 2.72 bits per heavy atom. The summed E-state index contributed by atoms with van der Waals surface area (Å²) in [6.45, 7) is 0.236. The number of nitrogens with zero attached hydrogens (tertiary/aromatic N) is 4. The van der Waals surface area contributed by atoms with Crippen LogP contribution in [0.1, 0.15) is 28.8 Å². The molecule has 0 bridgehead atoms. The van der Waals surface area contributed by atoms with Crippen molar-refractivity contribution < 1.29 is 19.1 Å². The van der Waals surface area contributed by atoms with Crippen molar-refractivity contribution in [1.29, 1.82) is 0 Å². The van der Waals surface area contributed by atoms with Gasteiger partial charge in [-0.15, -0.1) is 0 Å². The van der Waals surface area contributed by atoms with Crippen LogP contribution in [-0.4, -0.2) is 55.7 Å². The number of benzene rings is 2. The number of aromatic nitrogens is 4. The minimum Gasteiger partial charge on any atom is -0.496 e. The normalized spacial score (nSPS) is 17.3. The summed E-state index contributed by atoms with van der Waals surface area (Å²) < 4.78 is 5.48. The third-order valence-electron chi connectivity index (χ3n) is 6.47. The number of rotatable bonds is 5. The molecule has 6 rings (SSSR count). The molecule has 4 heterocycles. The lowest BCUT2D eigenvalue weighted by Gasteiger charge is -2.29. The summed E-state index contributed by atoms with van der Waals surface area (Å²) in [5, 5.41) is 5.68. The summed E-state index contributed by atoms with van der Waals surface area (Å²) in [7, 11) is 1.59. The van der Waals surface area contributed by atoms with Gasteiger partial charge in [0, 0.05) is 29.8 Å². The van der Waals surface area contributed by atoms with Crippen molar-refractivity contribution >= 4 is 40.4 Å². The maximum Gasteiger partial charge on any atom is 0.255 e. The first-order chi connectivity index (χ1) is 17.5. The topological polar surface area (TPSA) is 142 Å².